The van der Waals surface area contributed by atoms with Crippen LogP contribution in [0.1, 0.15) is 36.8 Å². The van der Waals surface area contributed by atoms with Gasteiger partial charge in [-0.3, -0.25) is 9.59 Å². The zero-order chi connectivity index (χ0) is 21.8. The van der Waals surface area contributed by atoms with E-state index in [1.165, 1.54) is 6.42 Å². The summed E-state index contributed by atoms with van der Waals surface area (Å²) in [5.41, 5.74) is 1.95. The summed E-state index contributed by atoms with van der Waals surface area (Å²) in [4.78, 5) is 28.6. The van der Waals surface area contributed by atoms with Gasteiger partial charge in [0.2, 0.25) is 5.91 Å². The summed E-state index contributed by atoms with van der Waals surface area (Å²) in [5, 5.41) is 3.95. The standard InChI is InChI=1S/C24H24BrClN2O2S/c25-18-5-3-4-17(12-18)13-22-24(30)28(20-6-1-2-7-21(20)31-22)15-23(29)27-14-16-8-10-19(26)11-9-16/h3-5,8-13,20-21H,1-2,6-7,14-15H2,(H,27,29)/b22-13+. The Morgan fingerprint density at radius 3 is 2.74 bits per heavy atom. The van der Waals surface area contributed by atoms with Crippen LogP contribution in [-0.4, -0.2) is 34.6 Å². The van der Waals surface area contributed by atoms with Gasteiger partial charge in [-0.1, -0.05) is 64.6 Å². The highest BCUT2D eigenvalue weighted by atomic mass is 79.9. The van der Waals surface area contributed by atoms with Gasteiger partial charge in [0, 0.05) is 27.3 Å². The van der Waals surface area contributed by atoms with Gasteiger partial charge >= 0.3 is 0 Å². The molecule has 4 nitrogen and oxygen atoms in total. The van der Waals surface area contributed by atoms with Gasteiger partial charge in [0.15, 0.2) is 0 Å². The Morgan fingerprint density at radius 2 is 1.97 bits per heavy atom. The third-order valence-electron chi connectivity index (χ3n) is 5.68. The van der Waals surface area contributed by atoms with E-state index >= 15 is 0 Å². The van der Waals surface area contributed by atoms with E-state index in [4.69, 9.17) is 11.6 Å². The van der Waals surface area contributed by atoms with Crippen molar-refractivity contribution >= 4 is 57.2 Å². The highest BCUT2D eigenvalue weighted by Crippen LogP contribution is 2.42. The molecule has 0 spiro atoms. The van der Waals surface area contributed by atoms with E-state index < -0.39 is 0 Å². The number of thioether (sulfide) groups is 1. The first-order valence-electron chi connectivity index (χ1n) is 10.5. The SMILES string of the molecule is O=C(CN1C(=O)/C(=C\c2cccc(Br)c2)SC2CCCCC21)NCc1ccc(Cl)cc1. The number of halogens is 2. The van der Waals surface area contributed by atoms with Gasteiger partial charge in [0.25, 0.3) is 5.91 Å². The van der Waals surface area contributed by atoms with Crippen molar-refractivity contribution in [2.24, 2.45) is 0 Å². The van der Waals surface area contributed by atoms with Crippen molar-refractivity contribution in [1.29, 1.82) is 0 Å². The first-order valence-corrected chi connectivity index (χ1v) is 12.5. The number of benzene rings is 2. The van der Waals surface area contributed by atoms with Crippen LogP contribution in [0.3, 0.4) is 0 Å². The van der Waals surface area contributed by atoms with Gasteiger partial charge in [-0.25, -0.2) is 0 Å². The van der Waals surface area contributed by atoms with Gasteiger partial charge in [0.05, 0.1) is 4.91 Å². The first kappa shape index (κ1) is 22.4. The smallest absolute Gasteiger partial charge is 0.261 e. The van der Waals surface area contributed by atoms with E-state index in [0.717, 1.165) is 34.9 Å². The van der Waals surface area contributed by atoms with E-state index in [0.29, 0.717) is 21.7 Å². The number of hydrogen-bond acceptors (Lipinski definition) is 3. The molecule has 1 aliphatic heterocycles. The van der Waals surface area contributed by atoms with Gasteiger partial charge in [0.1, 0.15) is 6.54 Å². The molecule has 1 saturated carbocycles. The molecule has 4 rings (SSSR count). The zero-order valence-electron chi connectivity index (χ0n) is 17.0. The third-order valence-corrected chi connectivity index (χ3v) is 7.83. The predicted molar refractivity (Wildman–Crippen MR) is 131 cm³/mol. The summed E-state index contributed by atoms with van der Waals surface area (Å²) in [7, 11) is 0. The summed E-state index contributed by atoms with van der Waals surface area (Å²) < 4.78 is 0.976. The predicted octanol–water partition coefficient (Wildman–Crippen LogP) is 5.65. The number of carbonyl (C=O) groups excluding carboxylic acids is 2. The molecule has 7 heteroatoms. The highest BCUT2D eigenvalue weighted by Gasteiger charge is 2.41. The van der Waals surface area contributed by atoms with E-state index in [9.17, 15) is 9.59 Å². The topological polar surface area (TPSA) is 49.4 Å². The summed E-state index contributed by atoms with van der Waals surface area (Å²) >= 11 is 11.1. The number of hydrogen-bond donors (Lipinski definition) is 1. The van der Waals surface area contributed by atoms with Crippen LogP contribution < -0.4 is 5.32 Å². The molecule has 2 fully saturated rings. The van der Waals surface area contributed by atoms with Crippen LogP contribution in [0.15, 0.2) is 57.9 Å². The zero-order valence-corrected chi connectivity index (χ0v) is 20.2. The molecule has 162 valence electrons. The Morgan fingerprint density at radius 1 is 1.19 bits per heavy atom. The van der Waals surface area contributed by atoms with Crippen LogP contribution >= 0.6 is 39.3 Å². The van der Waals surface area contributed by atoms with E-state index in [-0.39, 0.29) is 24.4 Å². The average Bonchev–Trinajstić information content (AvgIpc) is 2.76. The fourth-order valence-electron chi connectivity index (χ4n) is 4.12. The molecule has 2 aromatic carbocycles. The van der Waals surface area contributed by atoms with Gasteiger partial charge in [-0.05, 0) is 54.3 Å². The van der Waals surface area contributed by atoms with Crippen LogP contribution in [0.25, 0.3) is 6.08 Å². The highest BCUT2D eigenvalue weighted by molar-refractivity contribution is 9.10. The van der Waals surface area contributed by atoms with Crippen LogP contribution in [-0.2, 0) is 16.1 Å². The summed E-state index contributed by atoms with van der Waals surface area (Å²) in [6.45, 7) is 0.506. The van der Waals surface area contributed by atoms with Crippen molar-refractivity contribution in [2.75, 3.05) is 6.54 Å². The van der Waals surface area contributed by atoms with E-state index in [2.05, 4.69) is 21.2 Å². The lowest BCUT2D eigenvalue weighted by Gasteiger charge is -2.43. The van der Waals surface area contributed by atoms with Crippen molar-refractivity contribution in [3.63, 3.8) is 0 Å². The number of rotatable bonds is 5. The van der Waals surface area contributed by atoms with E-state index in [1.54, 1.807) is 28.8 Å². The lowest BCUT2D eigenvalue weighted by Crippen LogP contribution is -2.54. The normalized spacial score (nSPS) is 22.3. The Kier molecular flexibility index (Phi) is 7.41. The molecule has 1 N–H and O–H groups in total. The van der Waals surface area contributed by atoms with Crippen molar-refractivity contribution in [2.45, 2.75) is 43.5 Å². The molecule has 2 aliphatic rings. The minimum atomic E-state index is -0.138. The largest absolute Gasteiger partial charge is 0.350 e. The number of nitrogens with one attached hydrogen (secondary N) is 1. The minimum absolute atomic E-state index is 0.0465. The summed E-state index contributed by atoms with van der Waals surface area (Å²) in [6.07, 6.45) is 6.24. The van der Waals surface area contributed by atoms with Crippen molar-refractivity contribution in [1.82, 2.24) is 10.2 Å². The summed E-state index contributed by atoms with van der Waals surface area (Å²) in [6, 6.07) is 15.4. The fraction of sp³-hybridized carbons (Fsp3) is 0.333. The molecule has 0 bridgehead atoms. The van der Waals surface area contributed by atoms with Gasteiger partial charge in [-0.2, -0.15) is 0 Å². The maximum atomic E-state index is 13.3. The minimum Gasteiger partial charge on any atom is -0.350 e. The number of nitrogens with zero attached hydrogens (tertiary/aromatic N) is 1. The van der Waals surface area contributed by atoms with Crippen molar-refractivity contribution in [3.8, 4) is 0 Å². The second kappa shape index (κ2) is 10.2. The Balaban J connectivity index is 1.48. The van der Waals surface area contributed by atoms with Crippen molar-refractivity contribution < 1.29 is 9.59 Å². The molecular formula is C24H24BrClN2O2S. The van der Waals surface area contributed by atoms with Crippen molar-refractivity contribution in [3.05, 3.63) is 74.1 Å². The monoisotopic (exact) mass is 518 g/mol. The molecule has 0 radical (unpaired) electrons. The molecule has 1 aliphatic carbocycles. The van der Waals surface area contributed by atoms with Gasteiger partial charge in [-0.15, -0.1) is 11.8 Å². The second-order valence-electron chi connectivity index (χ2n) is 7.91. The lowest BCUT2D eigenvalue weighted by molar-refractivity contribution is -0.135. The average molecular weight is 520 g/mol. The second-order valence-corrected chi connectivity index (χ2v) is 10.5. The van der Waals surface area contributed by atoms with Crippen LogP contribution in [0, 0.1) is 0 Å². The molecule has 0 aromatic heterocycles. The number of fused-ring (bicyclic) bond motifs is 1. The number of carbonyl (C=O) groups is 2. The molecule has 2 unspecified atom stereocenters. The maximum absolute atomic E-state index is 13.3. The molecule has 31 heavy (non-hydrogen) atoms. The third kappa shape index (κ3) is 5.73. The van der Waals surface area contributed by atoms with Crippen LogP contribution in [0.2, 0.25) is 5.02 Å². The number of amides is 2. The van der Waals surface area contributed by atoms with Crippen LogP contribution in [0.5, 0.6) is 0 Å². The lowest BCUT2D eigenvalue weighted by atomic mass is 9.93. The molecule has 2 atom stereocenters. The first-order chi connectivity index (χ1) is 15.0. The molecule has 1 heterocycles. The molecule has 2 amide bonds. The van der Waals surface area contributed by atoms with Gasteiger partial charge < -0.3 is 10.2 Å². The maximum Gasteiger partial charge on any atom is 0.261 e. The Bertz CT molecular complexity index is 995. The van der Waals surface area contributed by atoms with Crippen LogP contribution in [0.4, 0.5) is 0 Å². The molecule has 2 aromatic rings. The molecule has 1 saturated heterocycles. The Labute approximate surface area is 200 Å². The fourth-order valence-corrected chi connectivity index (χ4v) is 6.14. The summed E-state index contributed by atoms with van der Waals surface area (Å²) in [5.74, 6) is -0.184. The van der Waals surface area contributed by atoms with E-state index in [1.807, 2.05) is 42.5 Å². The molecular weight excluding hydrogens is 496 g/mol. The Hall–Kier alpha value is -1.76. The quantitative estimate of drug-likeness (QED) is 0.520.